The first-order valence-electron chi connectivity index (χ1n) is 9.32. The van der Waals surface area contributed by atoms with Crippen molar-refractivity contribution >= 4 is 16.7 Å². The normalized spacial score (nSPS) is 13.9. The molecule has 0 aliphatic rings. The molecule has 0 aliphatic heterocycles. The number of hydrogen-bond donors (Lipinski definition) is 0. The van der Waals surface area contributed by atoms with Gasteiger partial charge in [0.2, 0.25) is 0 Å². The minimum atomic E-state index is -1.43. The molecule has 148 valence electrons. The molecule has 0 N–H and O–H groups in total. The van der Waals surface area contributed by atoms with Gasteiger partial charge in [-0.2, -0.15) is 5.26 Å². The number of carbonyl (C=O) groups excluding carboxylic acids is 1. The Kier molecular flexibility index (Phi) is 5.86. The summed E-state index contributed by atoms with van der Waals surface area (Å²) in [5.41, 5.74) is 0.228. The molecule has 0 spiro atoms. The molecule has 0 saturated heterocycles. The highest BCUT2D eigenvalue weighted by atomic mass is 16.7. The predicted molar refractivity (Wildman–Crippen MR) is 112 cm³/mol. The van der Waals surface area contributed by atoms with Gasteiger partial charge in [0.25, 0.3) is 5.91 Å². The lowest BCUT2D eigenvalue weighted by atomic mass is 9.69. The molecule has 0 fully saturated rings. The molecule has 0 aromatic heterocycles. The van der Waals surface area contributed by atoms with Crippen molar-refractivity contribution in [3.05, 3.63) is 77.9 Å². The first-order chi connectivity index (χ1) is 14.0. The summed E-state index contributed by atoms with van der Waals surface area (Å²) in [6.45, 7) is 1.66. The highest BCUT2D eigenvalue weighted by molar-refractivity contribution is 5.91. The van der Waals surface area contributed by atoms with Crippen molar-refractivity contribution in [2.45, 2.75) is 12.8 Å². The van der Waals surface area contributed by atoms with E-state index < -0.39 is 17.2 Å². The molecule has 3 rings (SSSR count). The molecule has 1 amide bonds. The third-order valence-corrected chi connectivity index (χ3v) is 5.40. The first kappa shape index (κ1) is 20.4. The summed E-state index contributed by atoms with van der Waals surface area (Å²) in [6, 6.07) is 23.7. The van der Waals surface area contributed by atoms with Crippen LogP contribution in [0.5, 0.6) is 5.75 Å². The predicted octanol–water partition coefficient (Wildman–Crippen LogP) is 4.53. The number of benzene rings is 3. The Bertz CT molecular complexity index is 1070. The Hall–Kier alpha value is -3.36. The summed E-state index contributed by atoms with van der Waals surface area (Å²) in [4.78, 5) is 18.4. The summed E-state index contributed by atoms with van der Waals surface area (Å²) in [6.07, 6.45) is 0. The second-order valence-electron chi connectivity index (χ2n) is 7.04. The molecule has 2 atom stereocenters. The fraction of sp³-hybridized carbons (Fsp3) is 0.250. The average Bonchev–Trinajstić information content (AvgIpc) is 2.78. The van der Waals surface area contributed by atoms with Gasteiger partial charge in [-0.25, -0.2) is 5.06 Å². The lowest BCUT2D eigenvalue weighted by molar-refractivity contribution is -0.177. The third kappa shape index (κ3) is 3.55. The van der Waals surface area contributed by atoms with E-state index in [9.17, 15) is 10.1 Å². The lowest BCUT2D eigenvalue weighted by Gasteiger charge is -2.34. The maximum Gasteiger partial charge on any atom is 0.266 e. The SMILES string of the molecule is COc1ccccc1C(c1cccc2ccccc12)C(C)(C#N)C(=O)N(C)OC. The number of carbonyl (C=O) groups is 1. The minimum Gasteiger partial charge on any atom is -0.496 e. The van der Waals surface area contributed by atoms with Crippen LogP contribution in [-0.4, -0.2) is 32.2 Å². The van der Waals surface area contributed by atoms with Crippen molar-refractivity contribution in [2.24, 2.45) is 5.41 Å². The molecule has 5 heteroatoms. The second-order valence-corrected chi connectivity index (χ2v) is 7.04. The standard InChI is InChI=1S/C24H24N2O3/c1-24(16-25,23(27)26(2)29-4)22(20-13-7-8-15-21(20)28-3)19-14-9-11-17-10-5-6-12-18(17)19/h5-15,22H,1-4H3. The van der Waals surface area contributed by atoms with E-state index in [2.05, 4.69) is 6.07 Å². The fourth-order valence-corrected chi connectivity index (χ4v) is 3.84. The van der Waals surface area contributed by atoms with E-state index in [1.165, 1.54) is 14.2 Å². The fourth-order valence-electron chi connectivity index (χ4n) is 3.84. The van der Waals surface area contributed by atoms with E-state index in [1.807, 2.05) is 66.7 Å². The van der Waals surface area contributed by atoms with Crippen LogP contribution in [0.2, 0.25) is 0 Å². The van der Waals surface area contributed by atoms with E-state index >= 15 is 0 Å². The smallest absolute Gasteiger partial charge is 0.266 e. The molecule has 3 aromatic rings. The summed E-state index contributed by atoms with van der Waals surface area (Å²) in [5.74, 6) is -0.369. The lowest BCUT2D eigenvalue weighted by Crippen LogP contribution is -2.43. The van der Waals surface area contributed by atoms with E-state index in [-0.39, 0.29) is 0 Å². The van der Waals surface area contributed by atoms with Gasteiger partial charge in [-0.05, 0) is 29.3 Å². The van der Waals surface area contributed by atoms with Gasteiger partial charge in [-0.15, -0.1) is 0 Å². The highest BCUT2D eigenvalue weighted by Gasteiger charge is 2.47. The number of ether oxygens (including phenoxy) is 1. The van der Waals surface area contributed by atoms with Crippen LogP contribution in [0.3, 0.4) is 0 Å². The van der Waals surface area contributed by atoms with Crippen molar-refractivity contribution < 1.29 is 14.4 Å². The summed E-state index contributed by atoms with van der Waals surface area (Å²) in [5, 5.41) is 13.4. The molecule has 0 saturated carbocycles. The first-order valence-corrected chi connectivity index (χ1v) is 9.32. The van der Waals surface area contributed by atoms with Crippen molar-refractivity contribution in [3.8, 4) is 11.8 Å². The molecular formula is C24H24N2O3. The monoisotopic (exact) mass is 388 g/mol. The van der Waals surface area contributed by atoms with E-state index in [4.69, 9.17) is 9.57 Å². The number of nitrogens with zero attached hydrogens (tertiary/aromatic N) is 2. The van der Waals surface area contributed by atoms with E-state index in [1.54, 1.807) is 14.0 Å². The molecule has 0 aliphatic carbocycles. The zero-order valence-electron chi connectivity index (χ0n) is 17.0. The van der Waals surface area contributed by atoms with Crippen molar-refractivity contribution in [1.29, 1.82) is 5.26 Å². The van der Waals surface area contributed by atoms with Gasteiger partial charge in [0.1, 0.15) is 11.2 Å². The van der Waals surface area contributed by atoms with Gasteiger partial charge in [-0.3, -0.25) is 9.63 Å². The minimum absolute atomic E-state index is 0.425. The van der Waals surface area contributed by atoms with Crippen molar-refractivity contribution in [3.63, 3.8) is 0 Å². The quantitative estimate of drug-likeness (QED) is 0.582. The second kappa shape index (κ2) is 8.34. The Morgan fingerprint density at radius 2 is 1.62 bits per heavy atom. The largest absolute Gasteiger partial charge is 0.496 e. The van der Waals surface area contributed by atoms with Crippen LogP contribution in [-0.2, 0) is 9.63 Å². The number of nitriles is 1. The van der Waals surface area contributed by atoms with Crippen LogP contribution >= 0.6 is 0 Å². The number of hydrogen-bond acceptors (Lipinski definition) is 4. The van der Waals surface area contributed by atoms with E-state index in [0.717, 1.165) is 27.0 Å². The van der Waals surface area contributed by atoms with Crippen LogP contribution in [0.25, 0.3) is 10.8 Å². The third-order valence-electron chi connectivity index (χ3n) is 5.40. The van der Waals surface area contributed by atoms with Gasteiger partial charge in [0.05, 0.1) is 20.3 Å². The summed E-state index contributed by atoms with van der Waals surface area (Å²) in [7, 11) is 4.51. The van der Waals surface area contributed by atoms with Crippen LogP contribution in [0, 0.1) is 16.7 Å². The Balaban J connectivity index is 2.36. The van der Waals surface area contributed by atoms with Gasteiger partial charge >= 0.3 is 0 Å². The van der Waals surface area contributed by atoms with Gasteiger partial charge < -0.3 is 4.74 Å². The number of methoxy groups -OCH3 is 1. The van der Waals surface area contributed by atoms with Crippen LogP contribution in [0.4, 0.5) is 0 Å². The maximum absolute atomic E-state index is 13.3. The van der Waals surface area contributed by atoms with E-state index in [0.29, 0.717) is 5.75 Å². The molecule has 0 heterocycles. The molecule has 29 heavy (non-hydrogen) atoms. The average molecular weight is 388 g/mol. The number of hydroxylamine groups is 2. The topological polar surface area (TPSA) is 62.6 Å². The molecule has 2 unspecified atom stereocenters. The zero-order chi connectivity index (χ0) is 21.0. The summed E-state index contributed by atoms with van der Waals surface area (Å²) < 4.78 is 5.60. The highest BCUT2D eigenvalue weighted by Crippen LogP contribution is 2.47. The summed E-state index contributed by atoms with van der Waals surface area (Å²) >= 11 is 0. The molecule has 0 bridgehead atoms. The number of fused-ring (bicyclic) bond motifs is 1. The van der Waals surface area contributed by atoms with Crippen LogP contribution in [0.15, 0.2) is 66.7 Å². The van der Waals surface area contributed by atoms with Crippen molar-refractivity contribution in [2.75, 3.05) is 21.3 Å². The van der Waals surface area contributed by atoms with Gasteiger partial charge in [0, 0.05) is 18.5 Å². The Morgan fingerprint density at radius 3 is 2.31 bits per heavy atom. The molecule has 3 aromatic carbocycles. The number of amides is 1. The van der Waals surface area contributed by atoms with Gasteiger partial charge in [0.15, 0.2) is 0 Å². The zero-order valence-corrected chi connectivity index (χ0v) is 17.0. The molecular weight excluding hydrogens is 364 g/mol. The Morgan fingerprint density at radius 1 is 1.00 bits per heavy atom. The number of para-hydroxylation sites is 1. The van der Waals surface area contributed by atoms with Crippen LogP contribution < -0.4 is 4.74 Å². The molecule has 5 nitrogen and oxygen atoms in total. The van der Waals surface area contributed by atoms with Gasteiger partial charge in [-0.1, -0.05) is 60.7 Å². The van der Waals surface area contributed by atoms with Crippen molar-refractivity contribution in [1.82, 2.24) is 5.06 Å². The van der Waals surface area contributed by atoms with Crippen LogP contribution in [0.1, 0.15) is 24.0 Å². The molecule has 0 radical (unpaired) electrons. The Labute approximate surface area is 171 Å². The number of rotatable bonds is 6. The maximum atomic E-state index is 13.3.